The number of halogens is 3. The lowest BCUT2D eigenvalue weighted by Gasteiger charge is -2.20. The minimum atomic E-state index is -1.58. The molecule has 0 radical (unpaired) electrons. The monoisotopic (exact) mass is 428 g/mol. The van der Waals surface area contributed by atoms with E-state index in [0.717, 1.165) is 18.2 Å². The summed E-state index contributed by atoms with van der Waals surface area (Å²) in [5.41, 5.74) is -0.134. The highest BCUT2D eigenvalue weighted by atomic mass is 19.1. The lowest BCUT2D eigenvalue weighted by molar-refractivity contribution is -0.117. The van der Waals surface area contributed by atoms with Gasteiger partial charge in [-0.05, 0) is 55.0 Å². The minimum Gasteiger partial charge on any atom is -0.453 e. The minimum absolute atomic E-state index is 0.00161. The Morgan fingerprint density at radius 2 is 1.84 bits per heavy atom. The summed E-state index contributed by atoms with van der Waals surface area (Å²) < 4.78 is 47.3. The number of rotatable bonds is 7. The summed E-state index contributed by atoms with van der Waals surface area (Å²) in [5.74, 6) is -2.70. The second kappa shape index (κ2) is 9.90. The predicted octanol–water partition coefficient (Wildman–Crippen LogP) is 4.54. The molecule has 0 aliphatic carbocycles. The molecule has 1 amide bonds. The third-order valence-corrected chi connectivity index (χ3v) is 4.38. The summed E-state index contributed by atoms with van der Waals surface area (Å²) in [6.07, 6.45) is 3.90. The van der Waals surface area contributed by atoms with Crippen LogP contribution in [0.2, 0.25) is 0 Å². The van der Waals surface area contributed by atoms with Crippen molar-refractivity contribution < 1.29 is 27.8 Å². The lowest BCUT2D eigenvalue weighted by atomic mass is 10.0. The Balaban J connectivity index is 1.62. The Labute approximate surface area is 176 Å². The van der Waals surface area contributed by atoms with Crippen LogP contribution < -0.4 is 10.1 Å². The summed E-state index contributed by atoms with van der Waals surface area (Å²) in [4.78, 5) is 16.0. The first kappa shape index (κ1) is 22.0. The Kier molecular flexibility index (Phi) is 7.04. The van der Waals surface area contributed by atoms with E-state index in [1.54, 1.807) is 24.4 Å². The fraction of sp³-hybridized carbons (Fsp3) is 0.130. The Morgan fingerprint density at radius 1 is 1.10 bits per heavy atom. The number of nitrogens with zero attached hydrogens (tertiary/aromatic N) is 1. The van der Waals surface area contributed by atoms with Gasteiger partial charge in [0.05, 0.1) is 17.8 Å². The molecule has 3 rings (SSSR count). The van der Waals surface area contributed by atoms with E-state index in [0.29, 0.717) is 11.3 Å². The van der Waals surface area contributed by atoms with Gasteiger partial charge in [0, 0.05) is 12.3 Å². The first-order chi connectivity index (χ1) is 14.8. The number of carbonyl (C=O) groups is 1. The van der Waals surface area contributed by atoms with Crippen molar-refractivity contribution in [3.8, 4) is 11.5 Å². The highest BCUT2D eigenvalue weighted by Gasteiger charge is 2.24. The number of ether oxygens (including phenoxy) is 1. The number of carbonyl (C=O) groups excluding carboxylic acids is 1. The van der Waals surface area contributed by atoms with Gasteiger partial charge in [-0.25, -0.2) is 13.2 Å². The first-order valence-electron chi connectivity index (χ1n) is 9.33. The summed E-state index contributed by atoms with van der Waals surface area (Å²) in [6.45, 7) is 1.41. The zero-order valence-corrected chi connectivity index (χ0v) is 16.4. The number of aliphatic hydroxyl groups excluding tert-OH is 1. The molecule has 0 fully saturated rings. The number of amides is 1. The Morgan fingerprint density at radius 3 is 2.48 bits per heavy atom. The number of hydrogen-bond acceptors (Lipinski definition) is 4. The van der Waals surface area contributed by atoms with Crippen LogP contribution in [-0.4, -0.2) is 22.0 Å². The molecule has 31 heavy (non-hydrogen) atoms. The molecule has 5 nitrogen and oxygen atoms in total. The van der Waals surface area contributed by atoms with Crippen molar-refractivity contribution in [2.45, 2.75) is 19.1 Å². The molecule has 0 bridgehead atoms. The van der Waals surface area contributed by atoms with Crippen molar-refractivity contribution in [2.24, 2.45) is 0 Å². The van der Waals surface area contributed by atoms with Gasteiger partial charge in [-0.2, -0.15) is 0 Å². The molecule has 0 aliphatic heterocycles. The van der Waals surface area contributed by atoms with E-state index in [1.807, 2.05) is 0 Å². The molecule has 1 aromatic heterocycles. The highest BCUT2D eigenvalue weighted by molar-refractivity contribution is 5.91. The molecule has 2 aromatic carbocycles. The van der Waals surface area contributed by atoms with Crippen LogP contribution in [0.25, 0.3) is 6.08 Å². The fourth-order valence-corrected chi connectivity index (χ4v) is 2.80. The smallest absolute Gasteiger partial charge is 0.244 e. The van der Waals surface area contributed by atoms with E-state index in [9.17, 15) is 23.1 Å². The molecule has 2 unspecified atom stereocenters. The maximum Gasteiger partial charge on any atom is 0.244 e. The van der Waals surface area contributed by atoms with Gasteiger partial charge in [-0.15, -0.1) is 0 Å². The molecule has 160 valence electrons. The zero-order chi connectivity index (χ0) is 22.4. The first-order valence-corrected chi connectivity index (χ1v) is 9.33. The largest absolute Gasteiger partial charge is 0.453 e. The number of hydrogen-bond donors (Lipinski definition) is 2. The van der Waals surface area contributed by atoms with E-state index in [4.69, 9.17) is 4.74 Å². The van der Waals surface area contributed by atoms with Crippen molar-refractivity contribution in [3.05, 3.63) is 95.6 Å². The van der Waals surface area contributed by atoms with E-state index < -0.39 is 41.1 Å². The number of pyridine rings is 1. The fourth-order valence-electron chi connectivity index (χ4n) is 2.80. The van der Waals surface area contributed by atoms with Crippen LogP contribution in [0, 0.1) is 17.5 Å². The number of aromatic nitrogens is 1. The summed E-state index contributed by atoms with van der Waals surface area (Å²) in [6, 6.07) is 9.67. The molecule has 0 saturated carbocycles. The topological polar surface area (TPSA) is 71.5 Å². The van der Waals surface area contributed by atoms with Crippen molar-refractivity contribution in [2.75, 3.05) is 0 Å². The Hall–Kier alpha value is -3.65. The molecule has 0 spiro atoms. The third-order valence-electron chi connectivity index (χ3n) is 4.38. The van der Waals surface area contributed by atoms with Crippen molar-refractivity contribution in [1.29, 1.82) is 0 Å². The van der Waals surface area contributed by atoms with Crippen molar-refractivity contribution >= 4 is 12.0 Å². The molecule has 2 atom stereocenters. The van der Waals surface area contributed by atoms with Crippen molar-refractivity contribution in [3.63, 3.8) is 0 Å². The van der Waals surface area contributed by atoms with Crippen LogP contribution >= 0.6 is 0 Å². The molecule has 0 aliphatic rings. The quantitative estimate of drug-likeness (QED) is 0.542. The van der Waals surface area contributed by atoms with Gasteiger partial charge >= 0.3 is 0 Å². The summed E-state index contributed by atoms with van der Waals surface area (Å²) >= 11 is 0. The second-order valence-electron chi connectivity index (χ2n) is 6.69. The van der Waals surface area contributed by atoms with Gasteiger partial charge in [0.1, 0.15) is 23.5 Å². The molecule has 8 heteroatoms. The van der Waals surface area contributed by atoms with Crippen LogP contribution in [0.1, 0.15) is 24.2 Å². The number of benzene rings is 2. The lowest BCUT2D eigenvalue weighted by Crippen LogP contribution is -2.36. The molecule has 2 N–H and O–H groups in total. The van der Waals surface area contributed by atoms with Crippen molar-refractivity contribution in [1.82, 2.24) is 10.3 Å². The van der Waals surface area contributed by atoms with E-state index >= 15 is 0 Å². The average Bonchev–Trinajstić information content (AvgIpc) is 2.74. The van der Waals surface area contributed by atoms with Crippen LogP contribution in [-0.2, 0) is 4.79 Å². The summed E-state index contributed by atoms with van der Waals surface area (Å²) in [5, 5.41) is 12.6. The standard InChI is InChI=1S/C23H19F3N2O3/c1-14(23(30)22-17(24)5-2-6-18(22)25)28-21(29)10-8-15-7-9-20(19(26)12-15)31-16-4-3-11-27-13-16/h2-14,23,30H,1H3,(H,28,29)/b10-8+. The average molecular weight is 428 g/mol. The predicted molar refractivity (Wildman–Crippen MR) is 109 cm³/mol. The molecular weight excluding hydrogens is 409 g/mol. The van der Waals surface area contributed by atoms with Gasteiger partial charge in [0.15, 0.2) is 11.6 Å². The summed E-state index contributed by atoms with van der Waals surface area (Å²) in [7, 11) is 0. The van der Waals surface area contributed by atoms with Gasteiger partial charge in [0.25, 0.3) is 0 Å². The van der Waals surface area contributed by atoms with Crippen LogP contribution in [0.4, 0.5) is 13.2 Å². The van der Waals surface area contributed by atoms with E-state index in [1.165, 1.54) is 37.4 Å². The van der Waals surface area contributed by atoms with E-state index in [-0.39, 0.29) is 5.75 Å². The SMILES string of the molecule is CC(NC(=O)/C=C/c1ccc(Oc2cccnc2)c(F)c1)C(O)c1c(F)cccc1F. The normalized spacial score (nSPS) is 13.1. The highest BCUT2D eigenvalue weighted by Crippen LogP contribution is 2.25. The van der Waals surface area contributed by atoms with Gasteiger partial charge in [-0.1, -0.05) is 12.1 Å². The zero-order valence-electron chi connectivity index (χ0n) is 16.4. The second-order valence-corrected chi connectivity index (χ2v) is 6.69. The number of aliphatic hydroxyl groups is 1. The van der Waals surface area contributed by atoms with Crippen LogP contribution in [0.5, 0.6) is 11.5 Å². The number of nitrogens with one attached hydrogen (secondary N) is 1. The molecule has 3 aromatic rings. The van der Waals surface area contributed by atoms with Gasteiger partial charge in [0.2, 0.25) is 5.91 Å². The van der Waals surface area contributed by atoms with E-state index in [2.05, 4.69) is 10.3 Å². The van der Waals surface area contributed by atoms with Gasteiger partial charge < -0.3 is 15.2 Å². The van der Waals surface area contributed by atoms with Gasteiger partial charge in [-0.3, -0.25) is 9.78 Å². The third kappa shape index (κ3) is 5.70. The molecular formula is C23H19F3N2O3. The Bertz CT molecular complexity index is 1070. The van der Waals surface area contributed by atoms with Crippen LogP contribution in [0.15, 0.2) is 67.0 Å². The molecule has 1 heterocycles. The van der Waals surface area contributed by atoms with Crippen LogP contribution in [0.3, 0.4) is 0 Å². The maximum atomic E-state index is 14.3. The maximum absolute atomic E-state index is 14.3. The molecule has 0 saturated heterocycles.